The number of carboxylic acid groups (broad SMARTS) is 1. The van der Waals surface area contributed by atoms with E-state index in [4.69, 9.17) is 14.5 Å². The number of hydrogen-bond acceptors (Lipinski definition) is 9. The van der Waals surface area contributed by atoms with Crippen LogP contribution in [0.2, 0.25) is 0 Å². The zero-order chi connectivity index (χ0) is 26.3. The lowest BCUT2D eigenvalue weighted by atomic mass is 9.92. The number of ether oxygens (including phenoxy) is 2. The highest BCUT2D eigenvalue weighted by Crippen LogP contribution is 2.48. The number of carbonyl (C=O) groups is 1. The number of nitrogens with zero attached hydrogens (tertiary/aromatic N) is 6. The van der Waals surface area contributed by atoms with Crippen LogP contribution in [0.3, 0.4) is 0 Å². The van der Waals surface area contributed by atoms with Gasteiger partial charge in [0.25, 0.3) is 0 Å². The van der Waals surface area contributed by atoms with Gasteiger partial charge in [0.2, 0.25) is 0 Å². The van der Waals surface area contributed by atoms with Gasteiger partial charge in [-0.15, -0.1) is 5.10 Å². The van der Waals surface area contributed by atoms with Crippen LogP contribution in [0.15, 0.2) is 24.4 Å². The zero-order valence-electron chi connectivity index (χ0n) is 21.5. The summed E-state index contributed by atoms with van der Waals surface area (Å²) in [5.41, 5.74) is 1.98. The van der Waals surface area contributed by atoms with E-state index in [-0.39, 0.29) is 30.6 Å². The third kappa shape index (κ3) is 5.13. The van der Waals surface area contributed by atoms with Crippen LogP contribution in [0.25, 0.3) is 11.4 Å². The van der Waals surface area contributed by atoms with Crippen molar-refractivity contribution >= 4 is 5.97 Å². The van der Waals surface area contributed by atoms with Gasteiger partial charge in [-0.3, -0.25) is 4.79 Å². The predicted molar refractivity (Wildman–Crippen MR) is 132 cm³/mol. The molecular weight excluding hydrogens is 476 g/mol. The van der Waals surface area contributed by atoms with Gasteiger partial charge in [-0.1, -0.05) is 5.21 Å². The number of fused-ring (bicyclic) bond motifs is 1. The maximum absolute atomic E-state index is 11.6. The van der Waals surface area contributed by atoms with Crippen LogP contribution < -0.4 is 9.47 Å². The third-order valence-corrected chi connectivity index (χ3v) is 7.50. The van der Waals surface area contributed by atoms with Crippen molar-refractivity contribution < 1.29 is 24.5 Å². The molecule has 2 fully saturated rings. The number of aliphatic carboxylic acids is 1. The molecule has 4 atom stereocenters. The summed E-state index contributed by atoms with van der Waals surface area (Å²) in [6, 6.07) is 5.52. The second kappa shape index (κ2) is 9.70. The molecule has 11 nitrogen and oxygen atoms in total. The summed E-state index contributed by atoms with van der Waals surface area (Å²) in [5, 5.41) is 28.1. The average Bonchev–Trinajstić information content (AvgIpc) is 3.52. The Hall–Kier alpha value is -3.60. The van der Waals surface area contributed by atoms with Gasteiger partial charge in [0.1, 0.15) is 29.3 Å². The number of carboxylic acids is 1. The minimum Gasteiger partial charge on any atom is -0.489 e. The van der Waals surface area contributed by atoms with E-state index < -0.39 is 11.6 Å². The quantitative estimate of drug-likeness (QED) is 0.465. The first-order valence-electron chi connectivity index (χ1n) is 12.5. The van der Waals surface area contributed by atoms with E-state index in [0.29, 0.717) is 34.4 Å². The lowest BCUT2D eigenvalue weighted by molar-refractivity contribution is -0.143. The number of pyridine rings is 1. The number of rotatable bonds is 8. The fourth-order valence-electron chi connectivity index (χ4n) is 5.55. The normalized spacial score (nSPS) is 23.2. The highest BCUT2D eigenvalue weighted by Gasteiger charge is 2.47. The fourth-order valence-corrected chi connectivity index (χ4v) is 5.55. The van der Waals surface area contributed by atoms with E-state index in [0.717, 1.165) is 31.4 Å². The van der Waals surface area contributed by atoms with Crippen molar-refractivity contribution in [2.24, 2.45) is 24.8 Å². The second-order valence-corrected chi connectivity index (χ2v) is 10.5. The van der Waals surface area contributed by atoms with Crippen LogP contribution >= 0.6 is 0 Å². The van der Waals surface area contributed by atoms with Crippen molar-refractivity contribution in [2.75, 3.05) is 0 Å². The molecule has 3 heterocycles. The van der Waals surface area contributed by atoms with Crippen molar-refractivity contribution in [3.63, 3.8) is 0 Å². The maximum Gasteiger partial charge on any atom is 0.317 e. The minimum absolute atomic E-state index is 0.00337. The highest BCUT2D eigenvalue weighted by molar-refractivity contribution is 5.71. The summed E-state index contributed by atoms with van der Waals surface area (Å²) in [6.07, 6.45) is 4.93. The Morgan fingerprint density at radius 1 is 1.19 bits per heavy atom. The molecule has 0 amide bonds. The van der Waals surface area contributed by atoms with Crippen LogP contribution in [0.4, 0.5) is 0 Å². The SMILES string of the molecule is Cc1nc(-c2nnn(C)c2COc2nccc(C(C)(C)O)n2)ccc1O[C@@H]1C[C@H]2CC[C@@H](C(=O)O)[C@H]2C1. The lowest BCUT2D eigenvalue weighted by Gasteiger charge is -2.18. The molecule has 0 saturated heterocycles. The topological polar surface area (TPSA) is 145 Å². The summed E-state index contributed by atoms with van der Waals surface area (Å²) in [5.74, 6) is 0.384. The molecule has 0 aliphatic heterocycles. The van der Waals surface area contributed by atoms with E-state index in [9.17, 15) is 15.0 Å². The molecule has 0 radical (unpaired) electrons. The third-order valence-electron chi connectivity index (χ3n) is 7.50. The highest BCUT2D eigenvalue weighted by atomic mass is 16.5. The van der Waals surface area contributed by atoms with Gasteiger partial charge in [-0.25, -0.2) is 14.6 Å². The molecular formula is C26H32N6O5. The standard InChI is InChI=1S/C26H32N6O5/c1-14-21(37-16-11-15-5-6-17(24(33)34)18(15)12-16)8-7-19(28-14)23-20(32(4)31-30-23)13-36-25-27-10-9-22(29-25)26(2,3)35/h7-10,15-18,35H,5-6,11-13H2,1-4H3,(H,33,34)/t15-,16-,17-,18+/m1/s1. The molecule has 3 aromatic rings. The van der Waals surface area contributed by atoms with E-state index in [2.05, 4.69) is 20.3 Å². The fraction of sp³-hybridized carbons (Fsp3) is 0.538. The molecule has 2 N–H and O–H groups in total. The first kappa shape index (κ1) is 25.1. The Labute approximate surface area is 214 Å². The van der Waals surface area contributed by atoms with Crippen molar-refractivity contribution in [1.29, 1.82) is 0 Å². The van der Waals surface area contributed by atoms with Crippen molar-refractivity contribution in [2.45, 2.75) is 64.8 Å². The predicted octanol–water partition coefficient (Wildman–Crippen LogP) is 3.05. The summed E-state index contributed by atoms with van der Waals surface area (Å²) in [7, 11) is 1.77. The molecule has 196 valence electrons. The van der Waals surface area contributed by atoms with E-state index in [1.54, 1.807) is 37.8 Å². The lowest BCUT2D eigenvalue weighted by Crippen LogP contribution is -2.21. The molecule has 37 heavy (non-hydrogen) atoms. The van der Waals surface area contributed by atoms with Gasteiger partial charge in [-0.05, 0) is 76.5 Å². The van der Waals surface area contributed by atoms with Gasteiger partial charge < -0.3 is 19.7 Å². The van der Waals surface area contributed by atoms with Crippen LogP contribution in [0, 0.1) is 24.7 Å². The van der Waals surface area contributed by atoms with Gasteiger partial charge in [-0.2, -0.15) is 4.98 Å². The summed E-state index contributed by atoms with van der Waals surface area (Å²) in [6.45, 7) is 5.30. The number of aliphatic hydroxyl groups is 1. The van der Waals surface area contributed by atoms with Crippen LogP contribution in [0.5, 0.6) is 11.8 Å². The molecule has 0 spiro atoms. The van der Waals surface area contributed by atoms with Crippen LogP contribution in [-0.4, -0.2) is 52.2 Å². The Morgan fingerprint density at radius 2 is 2.00 bits per heavy atom. The molecule has 0 aromatic carbocycles. The Morgan fingerprint density at radius 3 is 2.73 bits per heavy atom. The van der Waals surface area contributed by atoms with Crippen molar-refractivity contribution in [3.8, 4) is 23.1 Å². The zero-order valence-corrected chi connectivity index (χ0v) is 21.5. The first-order valence-corrected chi connectivity index (χ1v) is 12.5. The smallest absolute Gasteiger partial charge is 0.317 e. The van der Waals surface area contributed by atoms with E-state index >= 15 is 0 Å². The molecule has 3 aromatic heterocycles. The van der Waals surface area contributed by atoms with Crippen LogP contribution in [-0.2, 0) is 24.1 Å². The molecule has 2 saturated carbocycles. The summed E-state index contributed by atoms with van der Waals surface area (Å²) < 4.78 is 13.7. The van der Waals surface area contributed by atoms with Gasteiger partial charge in [0.15, 0.2) is 0 Å². The Bertz CT molecular complexity index is 1300. The summed E-state index contributed by atoms with van der Waals surface area (Å²) >= 11 is 0. The molecule has 2 aliphatic carbocycles. The van der Waals surface area contributed by atoms with E-state index in [1.807, 2.05) is 19.1 Å². The monoisotopic (exact) mass is 508 g/mol. The number of aryl methyl sites for hydroxylation is 2. The van der Waals surface area contributed by atoms with Gasteiger partial charge >= 0.3 is 12.0 Å². The minimum atomic E-state index is -1.11. The van der Waals surface area contributed by atoms with Gasteiger partial charge in [0.05, 0.1) is 29.1 Å². The largest absolute Gasteiger partial charge is 0.489 e. The number of hydrogen-bond donors (Lipinski definition) is 2. The molecule has 11 heteroatoms. The molecule has 2 aliphatic rings. The average molecular weight is 509 g/mol. The number of aromatic nitrogens is 6. The molecule has 0 unspecified atom stereocenters. The van der Waals surface area contributed by atoms with Crippen LogP contribution in [0.1, 0.15) is 56.6 Å². The Balaban J connectivity index is 1.28. The van der Waals surface area contributed by atoms with Crippen molar-refractivity contribution in [1.82, 2.24) is 29.9 Å². The molecule has 5 rings (SSSR count). The van der Waals surface area contributed by atoms with Crippen molar-refractivity contribution in [3.05, 3.63) is 41.5 Å². The first-order chi connectivity index (χ1) is 17.6. The summed E-state index contributed by atoms with van der Waals surface area (Å²) in [4.78, 5) is 24.7. The molecule has 0 bridgehead atoms. The van der Waals surface area contributed by atoms with Gasteiger partial charge in [0, 0.05) is 13.2 Å². The second-order valence-electron chi connectivity index (χ2n) is 10.5. The maximum atomic E-state index is 11.6. The van der Waals surface area contributed by atoms with E-state index in [1.165, 1.54) is 0 Å². The Kier molecular flexibility index (Phi) is 6.57.